The lowest BCUT2D eigenvalue weighted by atomic mass is 10.0. The van der Waals surface area contributed by atoms with Crippen LogP contribution in [0.4, 0.5) is 0 Å². The lowest BCUT2D eigenvalue weighted by Gasteiger charge is -2.21. The number of hydrogen-bond donors (Lipinski definition) is 3. The predicted octanol–water partition coefficient (Wildman–Crippen LogP) is 29.6. The highest BCUT2D eigenvalue weighted by molar-refractivity contribution is 7.47. The molecule has 0 aromatic carbocycles. The van der Waals surface area contributed by atoms with Gasteiger partial charge in [-0.2, -0.15) is 0 Å². The van der Waals surface area contributed by atoms with Crippen molar-refractivity contribution in [1.29, 1.82) is 0 Å². The molecule has 0 aromatic heterocycles. The van der Waals surface area contributed by atoms with Crippen LogP contribution in [-0.2, 0) is 65.4 Å². The summed E-state index contributed by atoms with van der Waals surface area (Å²) in [5.74, 6) is -2.09. The van der Waals surface area contributed by atoms with Crippen LogP contribution >= 0.6 is 15.6 Å². The fourth-order valence-corrected chi connectivity index (χ4v) is 16.5. The van der Waals surface area contributed by atoms with Crippen molar-refractivity contribution in [2.75, 3.05) is 39.6 Å². The lowest BCUT2D eigenvalue weighted by Crippen LogP contribution is -2.30. The van der Waals surface area contributed by atoms with E-state index in [1.54, 1.807) is 0 Å². The first-order valence-corrected chi connectivity index (χ1v) is 51.8. The van der Waals surface area contributed by atoms with Gasteiger partial charge >= 0.3 is 39.5 Å². The summed E-state index contributed by atoms with van der Waals surface area (Å²) in [4.78, 5) is 73.5. The van der Waals surface area contributed by atoms with Crippen molar-refractivity contribution in [2.45, 2.75) is 540 Å². The Hall–Kier alpha value is -1.94. The maximum atomic E-state index is 13.2. The van der Waals surface area contributed by atoms with E-state index < -0.39 is 97.5 Å². The van der Waals surface area contributed by atoms with Gasteiger partial charge in [0.25, 0.3) is 0 Å². The standard InChI is InChI=1S/C94H184O17P2/c1-5-9-13-17-21-25-29-32-35-38-41-43-45-47-50-52-55-59-63-67-71-75-79-92(97)105-85-90(111-94(99)81-77-73-69-65-61-57-54-51-48-46-44-42-39-36-33-30-26-22-18-14-10-6-2)87-109-113(102,103)107-83-88(95)82-106-112(100,101)108-86-89(84-104-91(96)78-74-70-66-62-58-28-24-20-16-12-8-4)110-93(98)80-76-72-68-64-60-56-53-49-40-37-34-31-27-23-19-15-11-7-3/h88-90,95H,5-87H2,1-4H3,(H,100,101)(H,102,103)/t88-,89+,90+/m0/s1. The Labute approximate surface area is 696 Å². The van der Waals surface area contributed by atoms with E-state index >= 15 is 0 Å². The van der Waals surface area contributed by atoms with Gasteiger partial charge in [0.15, 0.2) is 12.2 Å². The van der Waals surface area contributed by atoms with Crippen LogP contribution in [-0.4, -0.2) is 96.7 Å². The first-order valence-electron chi connectivity index (χ1n) is 48.8. The van der Waals surface area contributed by atoms with E-state index in [1.165, 1.54) is 353 Å². The van der Waals surface area contributed by atoms with Crippen LogP contribution in [0.15, 0.2) is 0 Å². The van der Waals surface area contributed by atoms with Crippen LogP contribution in [0.1, 0.15) is 522 Å². The fourth-order valence-electron chi connectivity index (χ4n) is 14.9. The molecule has 0 heterocycles. The Kier molecular flexibility index (Phi) is 86.4. The highest BCUT2D eigenvalue weighted by Gasteiger charge is 2.31. The monoisotopic (exact) mass is 1650 g/mol. The number of phosphoric ester groups is 2. The van der Waals surface area contributed by atoms with Gasteiger partial charge in [0.1, 0.15) is 19.3 Å². The normalized spacial score (nSPS) is 13.6. The van der Waals surface area contributed by atoms with E-state index in [0.29, 0.717) is 25.7 Å². The Morgan fingerprint density at radius 1 is 0.212 bits per heavy atom. The molecule has 17 nitrogen and oxygen atoms in total. The second kappa shape index (κ2) is 87.9. The van der Waals surface area contributed by atoms with Gasteiger partial charge in [0, 0.05) is 25.7 Å². The molecular formula is C94H184O17P2. The molecule has 0 fully saturated rings. The Balaban J connectivity index is 5.21. The third-order valence-electron chi connectivity index (χ3n) is 22.4. The third-order valence-corrected chi connectivity index (χ3v) is 24.3. The van der Waals surface area contributed by atoms with Crippen molar-refractivity contribution in [3.63, 3.8) is 0 Å². The molecule has 0 aromatic rings. The van der Waals surface area contributed by atoms with Crippen LogP contribution in [0.25, 0.3) is 0 Å². The molecule has 0 bridgehead atoms. The Morgan fingerprint density at radius 2 is 0.354 bits per heavy atom. The molecule has 0 rings (SSSR count). The summed E-state index contributed by atoms with van der Waals surface area (Å²) >= 11 is 0. The van der Waals surface area contributed by atoms with Gasteiger partial charge in [-0.25, -0.2) is 9.13 Å². The van der Waals surface area contributed by atoms with E-state index in [2.05, 4.69) is 27.7 Å². The number of rotatable bonds is 95. The van der Waals surface area contributed by atoms with Gasteiger partial charge in [-0.15, -0.1) is 0 Å². The molecule has 0 saturated carbocycles. The minimum Gasteiger partial charge on any atom is -0.462 e. The molecule has 0 aliphatic heterocycles. The summed E-state index contributed by atoms with van der Waals surface area (Å²) in [7, 11) is -9.94. The first kappa shape index (κ1) is 111. The van der Waals surface area contributed by atoms with Crippen LogP contribution < -0.4 is 0 Å². The minimum absolute atomic E-state index is 0.110. The molecule has 2 unspecified atom stereocenters. The molecular weight excluding hydrogens is 1460 g/mol. The number of phosphoric acid groups is 2. The zero-order valence-electron chi connectivity index (χ0n) is 74.4. The summed E-state index contributed by atoms with van der Waals surface area (Å²) in [5, 5.41) is 10.7. The van der Waals surface area contributed by atoms with E-state index in [9.17, 15) is 43.2 Å². The summed E-state index contributed by atoms with van der Waals surface area (Å²) in [6.45, 7) is 5.10. The molecule has 19 heteroatoms. The van der Waals surface area contributed by atoms with E-state index in [1.807, 2.05) is 0 Å². The second-order valence-electron chi connectivity index (χ2n) is 33.8. The third kappa shape index (κ3) is 87.7. The highest BCUT2D eigenvalue weighted by Crippen LogP contribution is 2.45. The largest absolute Gasteiger partial charge is 0.472 e. The Morgan fingerprint density at radius 3 is 0.522 bits per heavy atom. The van der Waals surface area contributed by atoms with Crippen LogP contribution in [0.3, 0.4) is 0 Å². The average molecular weight is 1650 g/mol. The summed E-state index contributed by atoms with van der Waals surface area (Å²) in [5.41, 5.74) is 0. The smallest absolute Gasteiger partial charge is 0.462 e. The van der Waals surface area contributed by atoms with Crippen LogP contribution in [0.5, 0.6) is 0 Å². The molecule has 0 aliphatic rings. The van der Waals surface area contributed by atoms with Crippen LogP contribution in [0.2, 0.25) is 0 Å². The maximum Gasteiger partial charge on any atom is 0.472 e. The van der Waals surface area contributed by atoms with Gasteiger partial charge in [0.2, 0.25) is 0 Å². The van der Waals surface area contributed by atoms with Gasteiger partial charge in [-0.3, -0.25) is 37.3 Å². The van der Waals surface area contributed by atoms with Crippen molar-refractivity contribution in [3.8, 4) is 0 Å². The number of unbranched alkanes of at least 4 members (excludes halogenated alkanes) is 69. The van der Waals surface area contributed by atoms with E-state index in [4.69, 9.17) is 37.0 Å². The number of carbonyl (C=O) groups excluding carboxylic acids is 4. The van der Waals surface area contributed by atoms with Crippen molar-refractivity contribution in [2.24, 2.45) is 0 Å². The molecule has 0 amide bonds. The van der Waals surface area contributed by atoms with Gasteiger partial charge in [-0.1, -0.05) is 471 Å². The predicted molar refractivity (Wildman–Crippen MR) is 469 cm³/mol. The van der Waals surface area contributed by atoms with Crippen molar-refractivity contribution >= 4 is 39.5 Å². The molecule has 0 aliphatic carbocycles. The zero-order chi connectivity index (χ0) is 82.4. The number of aliphatic hydroxyl groups excluding tert-OH is 1. The van der Waals surface area contributed by atoms with Crippen molar-refractivity contribution in [1.82, 2.24) is 0 Å². The topological polar surface area (TPSA) is 237 Å². The summed E-state index contributed by atoms with van der Waals surface area (Å²) in [6.07, 6.45) is 86.4. The average Bonchev–Trinajstić information content (AvgIpc) is 0.905. The first-order chi connectivity index (χ1) is 55.2. The fraction of sp³-hybridized carbons (Fsp3) is 0.957. The zero-order valence-corrected chi connectivity index (χ0v) is 76.2. The SMILES string of the molecule is CCCCCCCCCCCCCCCCCCCCCCCCC(=O)OC[C@H](COP(=O)(O)OC[C@@H](O)COP(=O)(O)OC[C@@H](COC(=O)CCCCCCCCCCCCC)OC(=O)CCCCCCCCCCCCCCCCCCCC)OC(=O)CCCCCCCCCCCCCCCCCCCCCCCC. The maximum absolute atomic E-state index is 13.2. The molecule has 3 N–H and O–H groups in total. The Bertz CT molecular complexity index is 2120. The van der Waals surface area contributed by atoms with Gasteiger partial charge < -0.3 is 33.8 Å². The molecule has 0 saturated heterocycles. The quantitative estimate of drug-likeness (QED) is 0.0222. The highest BCUT2D eigenvalue weighted by atomic mass is 31.2. The number of esters is 4. The summed E-state index contributed by atoms with van der Waals surface area (Å²) in [6, 6.07) is 0. The number of hydrogen-bond acceptors (Lipinski definition) is 15. The van der Waals surface area contributed by atoms with Crippen molar-refractivity contribution in [3.05, 3.63) is 0 Å². The van der Waals surface area contributed by atoms with Crippen molar-refractivity contribution < 1.29 is 80.2 Å². The van der Waals surface area contributed by atoms with Crippen LogP contribution in [0, 0.1) is 0 Å². The number of aliphatic hydroxyl groups is 1. The number of ether oxygens (including phenoxy) is 4. The van der Waals surface area contributed by atoms with E-state index in [-0.39, 0.29) is 25.7 Å². The number of carbonyl (C=O) groups is 4. The second-order valence-corrected chi connectivity index (χ2v) is 36.7. The molecule has 0 radical (unpaired) electrons. The summed E-state index contributed by atoms with van der Waals surface area (Å²) < 4.78 is 69.1. The van der Waals surface area contributed by atoms with Gasteiger partial charge in [0.05, 0.1) is 26.4 Å². The molecule has 0 spiro atoms. The molecule has 672 valence electrons. The molecule has 113 heavy (non-hydrogen) atoms. The molecule has 5 atom stereocenters. The lowest BCUT2D eigenvalue weighted by molar-refractivity contribution is -0.161. The van der Waals surface area contributed by atoms with E-state index in [0.717, 1.165) is 89.9 Å². The van der Waals surface area contributed by atoms with Gasteiger partial charge in [-0.05, 0) is 25.7 Å². The minimum atomic E-state index is -4.97.